The van der Waals surface area contributed by atoms with Crippen molar-refractivity contribution in [2.75, 3.05) is 6.54 Å². The quantitative estimate of drug-likeness (QED) is 0.865. The number of imidazole rings is 1. The van der Waals surface area contributed by atoms with E-state index in [-0.39, 0.29) is 11.9 Å². The van der Waals surface area contributed by atoms with Crippen molar-refractivity contribution >= 4 is 5.91 Å². The zero-order chi connectivity index (χ0) is 15.4. The van der Waals surface area contributed by atoms with E-state index in [1.807, 2.05) is 12.4 Å². The molecule has 2 aromatic rings. The van der Waals surface area contributed by atoms with Gasteiger partial charge in [0.05, 0.1) is 42.7 Å². The van der Waals surface area contributed by atoms with E-state index >= 15 is 0 Å². The van der Waals surface area contributed by atoms with Crippen molar-refractivity contribution in [1.29, 1.82) is 0 Å². The van der Waals surface area contributed by atoms with Gasteiger partial charge in [-0.3, -0.25) is 19.7 Å². The summed E-state index contributed by atoms with van der Waals surface area (Å²) in [6.07, 6.45) is 9.31. The molecule has 1 aliphatic heterocycles. The molecule has 0 unspecified atom stereocenters. The van der Waals surface area contributed by atoms with E-state index in [0.29, 0.717) is 6.54 Å². The van der Waals surface area contributed by atoms with Crippen molar-refractivity contribution in [2.45, 2.75) is 38.9 Å². The Labute approximate surface area is 129 Å². The normalized spacial score (nSPS) is 18.5. The van der Waals surface area contributed by atoms with Crippen LogP contribution in [0.2, 0.25) is 0 Å². The summed E-state index contributed by atoms with van der Waals surface area (Å²) in [5.74, 6) is -0.0612. The molecule has 0 aromatic carbocycles. The molecule has 1 aliphatic rings. The lowest BCUT2D eigenvalue weighted by Crippen LogP contribution is -2.25. The van der Waals surface area contributed by atoms with Crippen LogP contribution in [0.3, 0.4) is 0 Å². The number of rotatable bonds is 5. The van der Waals surface area contributed by atoms with E-state index < -0.39 is 0 Å². The number of hydrogen-bond acceptors (Lipinski definition) is 5. The van der Waals surface area contributed by atoms with Crippen molar-refractivity contribution in [3.05, 3.63) is 42.0 Å². The van der Waals surface area contributed by atoms with Crippen LogP contribution in [0.25, 0.3) is 0 Å². The molecule has 0 saturated carbocycles. The van der Waals surface area contributed by atoms with Crippen molar-refractivity contribution in [3.63, 3.8) is 0 Å². The van der Waals surface area contributed by atoms with Gasteiger partial charge in [0.25, 0.3) is 0 Å². The maximum absolute atomic E-state index is 11.0. The molecular weight excluding hydrogens is 280 g/mol. The molecular formula is C15H20N6O. The van der Waals surface area contributed by atoms with Crippen molar-refractivity contribution < 1.29 is 4.79 Å². The third-order valence-electron chi connectivity index (χ3n) is 3.85. The first-order chi connectivity index (χ1) is 10.7. The number of likely N-dealkylation sites (tertiary alicyclic amines) is 1. The van der Waals surface area contributed by atoms with Gasteiger partial charge in [0.15, 0.2) is 0 Å². The third kappa shape index (κ3) is 3.48. The fourth-order valence-corrected chi connectivity index (χ4v) is 2.82. The second-order valence-electron chi connectivity index (χ2n) is 5.55. The Kier molecular flexibility index (Phi) is 4.43. The van der Waals surface area contributed by atoms with Crippen LogP contribution in [0.5, 0.6) is 0 Å². The molecule has 3 rings (SSSR count). The van der Waals surface area contributed by atoms with Crippen LogP contribution in [-0.4, -0.2) is 37.3 Å². The zero-order valence-electron chi connectivity index (χ0n) is 12.6. The van der Waals surface area contributed by atoms with Gasteiger partial charge < -0.3 is 10.3 Å². The number of hydrogen-bond donors (Lipinski definition) is 2. The van der Waals surface area contributed by atoms with Gasteiger partial charge in [-0.1, -0.05) is 0 Å². The van der Waals surface area contributed by atoms with Crippen LogP contribution in [0.15, 0.2) is 24.9 Å². The first-order valence-corrected chi connectivity index (χ1v) is 7.49. The first kappa shape index (κ1) is 14.6. The van der Waals surface area contributed by atoms with Gasteiger partial charge in [0.2, 0.25) is 5.91 Å². The van der Waals surface area contributed by atoms with Gasteiger partial charge in [0, 0.05) is 25.4 Å². The fraction of sp³-hybridized carbons (Fsp3) is 0.467. The lowest BCUT2D eigenvalue weighted by Gasteiger charge is -2.23. The lowest BCUT2D eigenvalue weighted by molar-refractivity contribution is -0.119. The summed E-state index contributed by atoms with van der Waals surface area (Å²) >= 11 is 0. The summed E-state index contributed by atoms with van der Waals surface area (Å²) in [6.45, 7) is 3.80. The van der Waals surface area contributed by atoms with Crippen LogP contribution in [-0.2, 0) is 17.9 Å². The standard InChI is InChI=1S/C15H20N6O/c1-11(22)18-7-12-5-16-8-14(20-12)15-3-2-4-21(15)9-13-6-17-10-19-13/h5-6,8,10,15H,2-4,7,9H2,1H3,(H,17,19)(H,18,22)/t15-/m0/s1. The molecule has 0 bridgehead atoms. The molecule has 1 amide bonds. The van der Waals surface area contributed by atoms with E-state index in [1.54, 1.807) is 12.5 Å². The molecule has 1 atom stereocenters. The molecule has 1 saturated heterocycles. The highest BCUT2D eigenvalue weighted by molar-refractivity contribution is 5.72. The van der Waals surface area contributed by atoms with E-state index in [9.17, 15) is 4.79 Å². The molecule has 0 radical (unpaired) electrons. The maximum atomic E-state index is 11.0. The van der Waals surface area contributed by atoms with Crippen molar-refractivity contribution in [2.24, 2.45) is 0 Å². The number of aromatic nitrogens is 4. The topological polar surface area (TPSA) is 86.8 Å². The Bertz CT molecular complexity index is 627. The molecule has 116 valence electrons. The minimum Gasteiger partial charge on any atom is -0.351 e. The summed E-state index contributed by atoms with van der Waals surface area (Å²) in [5, 5.41) is 2.76. The van der Waals surface area contributed by atoms with Crippen LogP contribution < -0.4 is 5.32 Å². The molecule has 3 heterocycles. The Morgan fingerprint density at radius 3 is 3.09 bits per heavy atom. The van der Waals surface area contributed by atoms with Gasteiger partial charge in [-0.15, -0.1) is 0 Å². The van der Waals surface area contributed by atoms with Gasteiger partial charge in [-0.2, -0.15) is 0 Å². The summed E-state index contributed by atoms with van der Waals surface area (Å²) < 4.78 is 0. The number of aromatic amines is 1. The number of carbonyl (C=O) groups excluding carboxylic acids is 1. The average molecular weight is 300 g/mol. The molecule has 2 aromatic heterocycles. The maximum Gasteiger partial charge on any atom is 0.217 e. The second kappa shape index (κ2) is 6.65. The van der Waals surface area contributed by atoms with E-state index in [2.05, 4.69) is 30.2 Å². The Morgan fingerprint density at radius 1 is 1.41 bits per heavy atom. The smallest absolute Gasteiger partial charge is 0.217 e. The highest BCUT2D eigenvalue weighted by atomic mass is 16.1. The SMILES string of the molecule is CC(=O)NCc1cncc([C@@H]2CCCN2Cc2cnc[nH]2)n1. The Balaban J connectivity index is 1.71. The Hall–Kier alpha value is -2.28. The number of nitrogens with zero attached hydrogens (tertiary/aromatic N) is 4. The summed E-state index contributed by atoms with van der Waals surface area (Å²) in [4.78, 5) is 29.5. The van der Waals surface area contributed by atoms with Gasteiger partial charge in [-0.05, 0) is 19.4 Å². The van der Waals surface area contributed by atoms with E-state index in [1.165, 1.54) is 6.92 Å². The van der Waals surface area contributed by atoms with Crippen molar-refractivity contribution in [1.82, 2.24) is 30.2 Å². The molecule has 1 fully saturated rings. The summed E-state index contributed by atoms with van der Waals surface area (Å²) in [6, 6.07) is 0.271. The molecule has 0 aliphatic carbocycles. The van der Waals surface area contributed by atoms with Crippen LogP contribution in [0, 0.1) is 0 Å². The molecule has 7 nitrogen and oxygen atoms in total. The largest absolute Gasteiger partial charge is 0.351 e. The zero-order valence-corrected chi connectivity index (χ0v) is 12.6. The van der Waals surface area contributed by atoms with Crippen LogP contribution >= 0.6 is 0 Å². The van der Waals surface area contributed by atoms with Crippen LogP contribution in [0.4, 0.5) is 0 Å². The highest BCUT2D eigenvalue weighted by Gasteiger charge is 2.27. The fourth-order valence-electron chi connectivity index (χ4n) is 2.82. The minimum absolute atomic E-state index is 0.0612. The highest BCUT2D eigenvalue weighted by Crippen LogP contribution is 2.31. The van der Waals surface area contributed by atoms with Gasteiger partial charge in [0.1, 0.15) is 0 Å². The number of H-pyrrole nitrogens is 1. The van der Waals surface area contributed by atoms with Gasteiger partial charge in [-0.25, -0.2) is 4.98 Å². The van der Waals surface area contributed by atoms with Crippen LogP contribution in [0.1, 0.15) is 42.9 Å². The predicted molar refractivity (Wildman–Crippen MR) is 80.5 cm³/mol. The summed E-state index contributed by atoms with van der Waals surface area (Å²) in [7, 11) is 0. The average Bonchev–Trinajstić information content (AvgIpc) is 3.18. The second-order valence-corrected chi connectivity index (χ2v) is 5.55. The summed E-state index contributed by atoms with van der Waals surface area (Å²) in [5.41, 5.74) is 2.87. The number of nitrogens with one attached hydrogen (secondary N) is 2. The van der Waals surface area contributed by atoms with Gasteiger partial charge >= 0.3 is 0 Å². The monoisotopic (exact) mass is 300 g/mol. The molecule has 7 heteroatoms. The minimum atomic E-state index is -0.0612. The first-order valence-electron chi connectivity index (χ1n) is 7.49. The molecule has 2 N–H and O–H groups in total. The molecule has 0 spiro atoms. The Morgan fingerprint density at radius 2 is 2.32 bits per heavy atom. The predicted octanol–water partition coefficient (Wildman–Crippen LogP) is 1.17. The van der Waals surface area contributed by atoms with E-state index in [4.69, 9.17) is 0 Å². The number of carbonyl (C=O) groups is 1. The number of amides is 1. The van der Waals surface area contributed by atoms with Crippen molar-refractivity contribution in [3.8, 4) is 0 Å². The third-order valence-corrected chi connectivity index (χ3v) is 3.85. The molecule has 22 heavy (non-hydrogen) atoms. The lowest BCUT2D eigenvalue weighted by atomic mass is 10.1. The van der Waals surface area contributed by atoms with E-state index in [0.717, 1.165) is 43.0 Å².